The summed E-state index contributed by atoms with van der Waals surface area (Å²) in [6.45, 7) is 1.40. The number of amides is 2. The summed E-state index contributed by atoms with van der Waals surface area (Å²) in [6.07, 6.45) is 0. The molecule has 0 spiro atoms. The topological polar surface area (TPSA) is 86.7 Å². The zero-order valence-corrected chi connectivity index (χ0v) is 17.8. The summed E-state index contributed by atoms with van der Waals surface area (Å²) in [4.78, 5) is 38.8. The van der Waals surface area contributed by atoms with Crippen molar-refractivity contribution < 1.29 is 19.5 Å². The van der Waals surface area contributed by atoms with Crippen LogP contribution in [0.25, 0.3) is 5.76 Å². The van der Waals surface area contributed by atoms with Gasteiger partial charge in [0.2, 0.25) is 5.91 Å². The van der Waals surface area contributed by atoms with Crippen molar-refractivity contribution in [2.24, 2.45) is 0 Å². The van der Waals surface area contributed by atoms with Crippen molar-refractivity contribution >= 4 is 46.3 Å². The Morgan fingerprint density at radius 3 is 2.16 bits per heavy atom. The molecule has 1 fully saturated rings. The number of anilines is 2. The molecule has 32 heavy (non-hydrogen) atoms. The van der Waals surface area contributed by atoms with Crippen LogP contribution in [0.2, 0.25) is 5.02 Å². The maximum atomic E-state index is 13.1. The highest BCUT2D eigenvalue weighted by molar-refractivity contribution is 6.51. The molecule has 3 aromatic rings. The van der Waals surface area contributed by atoms with Crippen LogP contribution in [-0.2, 0) is 14.4 Å². The fourth-order valence-electron chi connectivity index (χ4n) is 3.72. The summed E-state index contributed by atoms with van der Waals surface area (Å²) in [5.41, 5.74) is 2.08. The molecule has 3 aromatic carbocycles. The van der Waals surface area contributed by atoms with Crippen molar-refractivity contribution in [2.45, 2.75) is 13.0 Å². The molecular weight excluding hydrogens is 428 g/mol. The molecule has 0 saturated carbocycles. The molecular formula is C25H19ClN2O4. The second kappa shape index (κ2) is 8.69. The van der Waals surface area contributed by atoms with Gasteiger partial charge in [-0.25, -0.2) is 0 Å². The Labute approximate surface area is 189 Å². The van der Waals surface area contributed by atoms with Gasteiger partial charge in [-0.05, 0) is 54.1 Å². The molecule has 7 heteroatoms. The zero-order chi connectivity index (χ0) is 22.8. The van der Waals surface area contributed by atoms with Crippen LogP contribution in [0.15, 0.2) is 84.4 Å². The van der Waals surface area contributed by atoms with Crippen LogP contribution in [0.3, 0.4) is 0 Å². The SMILES string of the molecule is CC(=O)Nc1ccc(N2C(=O)C(=O)/C(=C(/O)c3ccc(Cl)cc3)C2c2ccccc2)cc1. The molecule has 1 heterocycles. The van der Waals surface area contributed by atoms with Gasteiger partial charge in [0.1, 0.15) is 5.76 Å². The first-order valence-corrected chi connectivity index (χ1v) is 10.2. The largest absolute Gasteiger partial charge is 0.507 e. The van der Waals surface area contributed by atoms with Crippen LogP contribution < -0.4 is 10.2 Å². The number of hydrogen-bond acceptors (Lipinski definition) is 4. The standard InChI is InChI=1S/C25H19ClN2O4/c1-15(29)27-19-11-13-20(14-12-19)28-22(16-5-3-2-4-6-16)21(24(31)25(28)32)23(30)17-7-9-18(26)10-8-17/h2-14,22,30H,1H3,(H,27,29)/b23-21+. The Bertz CT molecular complexity index is 1220. The number of ketones is 1. The normalized spacial score (nSPS) is 17.4. The molecule has 4 rings (SSSR count). The minimum absolute atomic E-state index is 0.00513. The second-order valence-electron chi connectivity index (χ2n) is 7.31. The van der Waals surface area contributed by atoms with E-state index in [9.17, 15) is 19.5 Å². The van der Waals surface area contributed by atoms with Crippen LogP contribution >= 0.6 is 11.6 Å². The Kier molecular flexibility index (Phi) is 5.79. The maximum Gasteiger partial charge on any atom is 0.300 e. The van der Waals surface area contributed by atoms with Gasteiger partial charge in [-0.15, -0.1) is 0 Å². The van der Waals surface area contributed by atoms with Gasteiger partial charge in [-0.1, -0.05) is 41.9 Å². The van der Waals surface area contributed by atoms with Gasteiger partial charge in [0, 0.05) is 28.9 Å². The highest BCUT2D eigenvalue weighted by Crippen LogP contribution is 2.42. The second-order valence-corrected chi connectivity index (χ2v) is 7.75. The highest BCUT2D eigenvalue weighted by atomic mass is 35.5. The number of aliphatic hydroxyl groups is 1. The molecule has 1 saturated heterocycles. The first kappa shape index (κ1) is 21.3. The molecule has 0 aromatic heterocycles. The van der Waals surface area contributed by atoms with E-state index in [1.165, 1.54) is 11.8 Å². The lowest BCUT2D eigenvalue weighted by atomic mass is 9.95. The van der Waals surface area contributed by atoms with Crippen molar-refractivity contribution in [3.05, 3.63) is 101 Å². The molecule has 160 valence electrons. The summed E-state index contributed by atoms with van der Waals surface area (Å²) < 4.78 is 0. The van der Waals surface area contributed by atoms with E-state index in [4.69, 9.17) is 11.6 Å². The predicted molar refractivity (Wildman–Crippen MR) is 123 cm³/mol. The lowest BCUT2D eigenvalue weighted by Crippen LogP contribution is -2.29. The summed E-state index contributed by atoms with van der Waals surface area (Å²) >= 11 is 5.95. The van der Waals surface area contributed by atoms with Gasteiger partial charge in [-0.2, -0.15) is 0 Å². The van der Waals surface area contributed by atoms with Crippen molar-refractivity contribution in [1.82, 2.24) is 0 Å². The summed E-state index contributed by atoms with van der Waals surface area (Å²) in [5, 5.41) is 14.2. The Balaban J connectivity index is 1.85. The van der Waals surface area contributed by atoms with Crippen molar-refractivity contribution in [3.8, 4) is 0 Å². The van der Waals surface area contributed by atoms with Gasteiger partial charge >= 0.3 is 0 Å². The fourth-order valence-corrected chi connectivity index (χ4v) is 3.85. The molecule has 1 unspecified atom stereocenters. The highest BCUT2D eigenvalue weighted by Gasteiger charge is 2.46. The molecule has 0 radical (unpaired) electrons. The monoisotopic (exact) mass is 446 g/mol. The first-order chi connectivity index (χ1) is 15.4. The molecule has 0 bridgehead atoms. The fraction of sp³-hybridized carbons (Fsp3) is 0.0800. The first-order valence-electron chi connectivity index (χ1n) is 9.86. The summed E-state index contributed by atoms with van der Waals surface area (Å²) in [5.74, 6) is -2.02. The average molecular weight is 447 g/mol. The van der Waals surface area contributed by atoms with Crippen molar-refractivity contribution in [2.75, 3.05) is 10.2 Å². The van der Waals surface area contributed by atoms with Crippen LogP contribution in [-0.4, -0.2) is 22.7 Å². The summed E-state index contributed by atoms with van der Waals surface area (Å²) in [6, 6.07) is 21.2. The van der Waals surface area contributed by atoms with E-state index in [2.05, 4.69) is 5.32 Å². The number of hydrogen-bond donors (Lipinski definition) is 2. The number of carbonyl (C=O) groups is 3. The molecule has 2 N–H and O–H groups in total. The van der Waals surface area contributed by atoms with Gasteiger partial charge in [-0.3, -0.25) is 19.3 Å². The number of nitrogens with one attached hydrogen (secondary N) is 1. The molecule has 0 aliphatic carbocycles. The quantitative estimate of drug-likeness (QED) is 0.338. The Hall–Kier alpha value is -3.90. The van der Waals surface area contributed by atoms with Crippen LogP contribution in [0.1, 0.15) is 24.1 Å². The molecule has 6 nitrogen and oxygen atoms in total. The van der Waals surface area contributed by atoms with E-state index in [0.29, 0.717) is 27.5 Å². The smallest absolute Gasteiger partial charge is 0.300 e. The number of rotatable bonds is 4. The molecule has 2 amide bonds. The number of carbonyl (C=O) groups excluding carboxylic acids is 3. The minimum atomic E-state index is -0.821. The van der Waals surface area contributed by atoms with Gasteiger partial charge in [0.05, 0.1) is 11.6 Å². The van der Waals surface area contributed by atoms with E-state index >= 15 is 0 Å². The third-order valence-corrected chi connectivity index (χ3v) is 5.40. The molecule has 1 aliphatic heterocycles. The lowest BCUT2D eigenvalue weighted by Gasteiger charge is -2.25. The molecule has 1 aliphatic rings. The Morgan fingerprint density at radius 1 is 0.938 bits per heavy atom. The van der Waals surface area contributed by atoms with E-state index in [-0.39, 0.29) is 17.2 Å². The van der Waals surface area contributed by atoms with E-state index in [0.717, 1.165) is 0 Å². The maximum absolute atomic E-state index is 13.1. The van der Waals surface area contributed by atoms with Gasteiger partial charge in [0.15, 0.2) is 0 Å². The van der Waals surface area contributed by atoms with E-state index in [1.807, 2.05) is 6.07 Å². The third-order valence-electron chi connectivity index (χ3n) is 5.14. The number of halogens is 1. The van der Waals surface area contributed by atoms with Crippen LogP contribution in [0.4, 0.5) is 11.4 Å². The molecule has 1 atom stereocenters. The summed E-state index contributed by atoms with van der Waals surface area (Å²) in [7, 11) is 0. The number of nitrogens with zero attached hydrogens (tertiary/aromatic N) is 1. The van der Waals surface area contributed by atoms with E-state index < -0.39 is 17.7 Å². The van der Waals surface area contributed by atoms with Crippen molar-refractivity contribution in [1.29, 1.82) is 0 Å². The van der Waals surface area contributed by atoms with E-state index in [1.54, 1.807) is 72.8 Å². The average Bonchev–Trinajstić information content (AvgIpc) is 3.05. The van der Waals surface area contributed by atoms with Crippen LogP contribution in [0, 0.1) is 0 Å². The number of Topliss-reactive ketones (excluding diaryl/α,β-unsaturated/α-hetero) is 1. The Morgan fingerprint density at radius 2 is 1.56 bits per heavy atom. The lowest BCUT2D eigenvalue weighted by molar-refractivity contribution is -0.132. The van der Waals surface area contributed by atoms with Crippen molar-refractivity contribution in [3.63, 3.8) is 0 Å². The minimum Gasteiger partial charge on any atom is -0.507 e. The predicted octanol–water partition coefficient (Wildman–Crippen LogP) is 4.92. The van der Waals surface area contributed by atoms with Gasteiger partial charge in [0.25, 0.3) is 11.7 Å². The third kappa shape index (κ3) is 4.00. The number of benzene rings is 3. The number of aliphatic hydroxyl groups excluding tert-OH is 1. The van der Waals surface area contributed by atoms with Crippen LogP contribution in [0.5, 0.6) is 0 Å². The zero-order valence-electron chi connectivity index (χ0n) is 17.1. The van der Waals surface area contributed by atoms with Gasteiger partial charge < -0.3 is 10.4 Å².